The number of sulfonamides is 1. The Morgan fingerprint density at radius 3 is 2.29 bits per heavy atom. The zero-order valence-electron chi connectivity index (χ0n) is 16.2. The van der Waals surface area contributed by atoms with Crippen LogP contribution in [0.5, 0.6) is 5.75 Å². The Balaban J connectivity index is 1.66. The summed E-state index contributed by atoms with van der Waals surface area (Å²) in [5.74, 6) is -0.438. The molecule has 0 fully saturated rings. The molecule has 0 aliphatic rings. The van der Waals surface area contributed by atoms with Gasteiger partial charge in [-0.05, 0) is 82.7 Å². The van der Waals surface area contributed by atoms with Crippen molar-refractivity contribution in [3.8, 4) is 5.75 Å². The first-order chi connectivity index (χ1) is 14.7. The van der Waals surface area contributed by atoms with Gasteiger partial charge in [-0.25, -0.2) is 8.42 Å². The molecular weight excluding hydrogens is 502 g/mol. The highest BCUT2D eigenvalue weighted by Gasteiger charge is 2.21. The molecule has 0 aliphatic heterocycles. The van der Waals surface area contributed by atoms with Crippen LogP contribution in [0.4, 0.5) is 11.4 Å². The van der Waals surface area contributed by atoms with Crippen LogP contribution in [0.2, 0.25) is 0 Å². The number of hydrogen-bond donors (Lipinski definition) is 3. The quantitative estimate of drug-likeness (QED) is 0.438. The molecule has 0 aliphatic carbocycles. The fraction of sp³-hybridized carbons (Fsp3) is 0.0476. The van der Waals surface area contributed by atoms with Crippen LogP contribution in [0.1, 0.15) is 10.4 Å². The van der Waals surface area contributed by atoms with Crippen molar-refractivity contribution in [3.63, 3.8) is 0 Å². The number of aromatic hydroxyl groups is 1. The molecule has 7 nitrogen and oxygen atoms in total. The van der Waals surface area contributed by atoms with Gasteiger partial charge in [0.1, 0.15) is 5.75 Å². The minimum absolute atomic E-state index is 0.0187. The largest absolute Gasteiger partial charge is 0.507 e. The smallest absolute Gasteiger partial charge is 0.264 e. The van der Waals surface area contributed by atoms with Crippen molar-refractivity contribution < 1.29 is 18.3 Å². The van der Waals surface area contributed by atoms with Crippen LogP contribution in [0.25, 0.3) is 0 Å². The van der Waals surface area contributed by atoms with Gasteiger partial charge in [-0.3, -0.25) is 14.4 Å². The van der Waals surface area contributed by atoms with Gasteiger partial charge in [0.15, 0.2) is 5.11 Å². The Morgan fingerprint density at radius 2 is 1.68 bits per heavy atom. The molecule has 0 atom stereocenters. The Morgan fingerprint density at radius 1 is 1.03 bits per heavy atom. The molecule has 0 saturated heterocycles. The number of thiocarbonyl (C=S) groups is 1. The number of carbonyl (C=O) groups excluding carboxylic acids is 1. The molecule has 0 bridgehead atoms. The predicted octanol–water partition coefficient (Wildman–Crippen LogP) is 4.11. The van der Waals surface area contributed by atoms with Gasteiger partial charge in [-0.1, -0.05) is 18.2 Å². The van der Waals surface area contributed by atoms with Crippen molar-refractivity contribution in [3.05, 3.63) is 82.8 Å². The summed E-state index contributed by atoms with van der Waals surface area (Å²) in [6.07, 6.45) is 0. The van der Waals surface area contributed by atoms with Gasteiger partial charge in [-0.2, -0.15) is 0 Å². The Bertz CT molecular complexity index is 1220. The molecule has 3 aromatic rings. The van der Waals surface area contributed by atoms with Crippen LogP contribution >= 0.6 is 28.1 Å². The van der Waals surface area contributed by atoms with Crippen LogP contribution in [0, 0.1) is 0 Å². The second kappa shape index (κ2) is 9.46. The van der Waals surface area contributed by atoms with E-state index in [1.54, 1.807) is 36.4 Å². The number of phenolic OH excluding ortho intramolecular Hbond substituents is 1. The maximum absolute atomic E-state index is 12.8. The van der Waals surface area contributed by atoms with Crippen LogP contribution in [0.15, 0.2) is 82.2 Å². The highest BCUT2D eigenvalue weighted by molar-refractivity contribution is 9.10. The van der Waals surface area contributed by atoms with E-state index in [-0.39, 0.29) is 15.8 Å². The number of rotatable bonds is 5. The minimum Gasteiger partial charge on any atom is -0.507 e. The van der Waals surface area contributed by atoms with E-state index in [1.165, 1.54) is 41.7 Å². The predicted molar refractivity (Wildman–Crippen MR) is 128 cm³/mol. The molecule has 0 radical (unpaired) electrons. The number of halogens is 1. The molecule has 31 heavy (non-hydrogen) atoms. The lowest BCUT2D eigenvalue weighted by molar-refractivity contribution is 0.0977. The second-order valence-electron chi connectivity index (χ2n) is 6.41. The Kier molecular flexibility index (Phi) is 6.94. The first kappa shape index (κ1) is 22.7. The summed E-state index contributed by atoms with van der Waals surface area (Å²) < 4.78 is 27.2. The van der Waals surface area contributed by atoms with E-state index in [2.05, 4.69) is 26.6 Å². The Labute approximate surface area is 193 Å². The lowest BCUT2D eigenvalue weighted by Gasteiger charge is -2.19. The average molecular weight is 520 g/mol. The van der Waals surface area contributed by atoms with E-state index in [9.17, 15) is 18.3 Å². The summed E-state index contributed by atoms with van der Waals surface area (Å²) in [7, 11) is -2.23. The number of nitrogens with one attached hydrogen (secondary N) is 2. The third-order valence-electron chi connectivity index (χ3n) is 4.33. The van der Waals surface area contributed by atoms with Crippen molar-refractivity contribution in [1.29, 1.82) is 0 Å². The second-order valence-corrected chi connectivity index (χ2v) is 9.64. The summed E-state index contributed by atoms with van der Waals surface area (Å²) in [5, 5.41) is 14.9. The third kappa shape index (κ3) is 5.40. The number of nitrogens with zero attached hydrogens (tertiary/aromatic N) is 1. The standard InChI is InChI=1S/C21H18BrN3O4S2/c1-25(16-5-3-2-4-6-16)31(28,29)17-10-8-15(9-11-17)23-21(30)24-20(27)14-7-12-19(26)18(22)13-14/h2-13,26H,1H3,(H2,23,24,27,30). The van der Waals surface area contributed by atoms with Crippen molar-refractivity contribution in [2.45, 2.75) is 4.90 Å². The summed E-state index contributed by atoms with van der Waals surface area (Å²) in [4.78, 5) is 12.4. The fourth-order valence-corrected chi connectivity index (χ4v) is 4.42. The van der Waals surface area contributed by atoms with Gasteiger partial charge in [-0.15, -0.1) is 0 Å². The van der Waals surface area contributed by atoms with E-state index in [0.29, 0.717) is 21.4 Å². The molecular formula is C21H18BrN3O4S2. The highest BCUT2D eigenvalue weighted by atomic mass is 79.9. The Hall–Kier alpha value is -2.95. The van der Waals surface area contributed by atoms with E-state index >= 15 is 0 Å². The van der Waals surface area contributed by atoms with Crippen LogP contribution in [-0.2, 0) is 10.0 Å². The number of anilines is 2. The number of amides is 1. The van der Waals surface area contributed by atoms with E-state index in [0.717, 1.165) is 0 Å². The van der Waals surface area contributed by atoms with Crippen molar-refractivity contribution in [1.82, 2.24) is 5.32 Å². The van der Waals surface area contributed by atoms with Gasteiger partial charge in [0, 0.05) is 18.3 Å². The van der Waals surface area contributed by atoms with Crippen LogP contribution in [0.3, 0.4) is 0 Å². The van der Waals surface area contributed by atoms with E-state index in [4.69, 9.17) is 12.2 Å². The zero-order valence-corrected chi connectivity index (χ0v) is 19.5. The molecule has 0 saturated carbocycles. The monoisotopic (exact) mass is 519 g/mol. The molecule has 3 rings (SSSR count). The molecule has 0 unspecified atom stereocenters. The van der Waals surface area contributed by atoms with Gasteiger partial charge < -0.3 is 10.4 Å². The first-order valence-corrected chi connectivity index (χ1v) is 11.6. The minimum atomic E-state index is -3.72. The lowest BCUT2D eigenvalue weighted by Crippen LogP contribution is -2.34. The first-order valence-electron chi connectivity index (χ1n) is 8.93. The molecule has 1 amide bonds. The molecule has 160 valence electrons. The fourth-order valence-electron chi connectivity index (χ4n) is 2.63. The zero-order chi connectivity index (χ0) is 22.6. The molecule has 3 N–H and O–H groups in total. The molecule has 0 spiro atoms. The molecule has 0 aromatic heterocycles. The summed E-state index contributed by atoms with van der Waals surface area (Å²) in [5.41, 5.74) is 1.37. The number of hydrogen-bond acceptors (Lipinski definition) is 5. The summed E-state index contributed by atoms with van der Waals surface area (Å²) in [6, 6.07) is 19.1. The van der Waals surface area contributed by atoms with Crippen molar-refractivity contribution >= 4 is 60.6 Å². The molecule has 0 heterocycles. The summed E-state index contributed by atoms with van der Waals surface area (Å²) >= 11 is 8.30. The number of benzene rings is 3. The number of carbonyl (C=O) groups is 1. The van der Waals surface area contributed by atoms with Gasteiger partial charge in [0.25, 0.3) is 15.9 Å². The maximum atomic E-state index is 12.8. The average Bonchev–Trinajstić information content (AvgIpc) is 2.76. The normalized spacial score (nSPS) is 10.9. The topological polar surface area (TPSA) is 98.7 Å². The van der Waals surface area contributed by atoms with Gasteiger partial charge >= 0.3 is 0 Å². The number of para-hydroxylation sites is 1. The van der Waals surface area contributed by atoms with Crippen molar-refractivity contribution in [2.75, 3.05) is 16.7 Å². The van der Waals surface area contributed by atoms with Crippen LogP contribution in [-0.4, -0.2) is 31.6 Å². The van der Waals surface area contributed by atoms with Gasteiger partial charge in [0.2, 0.25) is 0 Å². The third-order valence-corrected chi connectivity index (χ3v) is 6.97. The van der Waals surface area contributed by atoms with E-state index in [1.807, 2.05) is 6.07 Å². The number of phenols is 1. The van der Waals surface area contributed by atoms with E-state index < -0.39 is 15.9 Å². The van der Waals surface area contributed by atoms with Crippen molar-refractivity contribution in [2.24, 2.45) is 0 Å². The van der Waals surface area contributed by atoms with Crippen LogP contribution < -0.4 is 14.9 Å². The summed E-state index contributed by atoms with van der Waals surface area (Å²) in [6.45, 7) is 0. The van der Waals surface area contributed by atoms with Gasteiger partial charge in [0.05, 0.1) is 15.1 Å². The maximum Gasteiger partial charge on any atom is 0.264 e. The molecule has 3 aromatic carbocycles. The highest BCUT2D eigenvalue weighted by Crippen LogP contribution is 2.25. The lowest BCUT2D eigenvalue weighted by atomic mass is 10.2. The SMILES string of the molecule is CN(c1ccccc1)S(=O)(=O)c1ccc(NC(=S)NC(=O)c2ccc(O)c(Br)c2)cc1. The molecule has 10 heteroatoms.